The molecule has 0 saturated carbocycles. The van der Waals surface area contributed by atoms with Gasteiger partial charge in [0.05, 0.1) is 0 Å². The lowest BCUT2D eigenvalue weighted by Gasteiger charge is -2.33. The van der Waals surface area contributed by atoms with Gasteiger partial charge < -0.3 is 20.2 Å². The number of aliphatic hydroxyl groups excluding tert-OH is 1. The van der Waals surface area contributed by atoms with Gasteiger partial charge >= 0.3 is 0 Å². The lowest BCUT2D eigenvalue weighted by Crippen LogP contribution is -2.41. The SMILES string of the molecule is CC1(O)CCCN1c1cccc(O)c1CCO. The van der Waals surface area contributed by atoms with Crippen LogP contribution in [0.25, 0.3) is 0 Å². The molecule has 4 nitrogen and oxygen atoms in total. The van der Waals surface area contributed by atoms with Crippen molar-refractivity contribution in [1.82, 2.24) is 0 Å². The highest BCUT2D eigenvalue weighted by Crippen LogP contribution is 2.37. The van der Waals surface area contributed by atoms with Gasteiger partial charge in [-0.3, -0.25) is 0 Å². The van der Waals surface area contributed by atoms with Crippen LogP contribution in [0.4, 0.5) is 5.69 Å². The predicted octanol–water partition coefficient (Wildman–Crippen LogP) is 1.24. The summed E-state index contributed by atoms with van der Waals surface area (Å²) in [5.74, 6) is 0.180. The first kappa shape index (κ1) is 12.2. The molecule has 0 amide bonds. The Morgan fingerprint density at radius 3 is 2.76 bits per heavy atom. The number of hydrogen-bond donors (Lipinski definition) is 3. The number of anilines is 1. The van der Waals surface area contributed by atoms with E-state index in [9.17, 15) is 10.2 Å². The first-order valence-corrected chi connectivity index (χ1v) is 5.98. The molecule has 1 atom stereocenters. The average molecular weight is 237 g/mol. The second-order valence-corrected chi connectivity index (χ2v) is 4.72. The summed E-state index contributed by atoms with van der Waals surface area (Å²) in [5.41, 5.74) is 0.664. The van der Waals surface area contributed by atoms with Crippen LogP contribution in [0.2, 0.25) is 0 Å². The maximum atomic E-state index is 10.3. The van der Waals surface area contributed by atoms with E-state index >= 15 is 0 Å². The van der Waals surface area contributed by atoms with Crippen molar-refractivity contribution in [2.24, 2.45) is 0 Å². The lowest BCUT2D eigenvalue weighted by molar-refractivity contribution is 0.0712. The van der Waals surface area contributed by atoms with Gasteiger partial charge in [-0.05, 0) is 31.9 Å². The van der Waals surface area contributed by atoms with E-state index < -0.39 is 5.72 Å². The number of nitrogens with zero attached hydrogens (tertiary/aromatic N) is 1. The molecular formula is C13H19NO3. The molecule has 1 aliphatic heterocycles. The first-order valence-electron chi connectivity index (χ1n) is 5.98. The monoisotopic (exact) mass is 237 g/mol. The molecule has 1 heterocycles. The molecule has 17 heavy (non-hydrogen) atoms. The summed E-state index contributed by atoms with van der Waals surface area (Å²) in [7, 11) is 0. The zero-order valence-corrected chi connectivity index (χ0v) is 10.1. The molecular weight excluding hydrogens is 218 g/mol. The number of aromatic hydroxyl groups is 1. The Labute approximate surface area is 101 Å². The topological polar surface area (TPSA) is 63.9 Å². The summed E-state index contributed by atoms with van der Waals surface area (Å²) in [6.45, 7) is 2.54. The number of rotatable bonds is 3. The summed E-state index contributed by atoms with van der Waals surface area (Å²) in [5, 5.41) is 29.2. The molecule has 94 valence electrons. The molecule has 1 fully saturated rings. The predicted molar refractivity (Wildman–Crippen MR) is 66.1 cm³/mol. The third kappa shape index (κ3) is 2.23. The van der Waals surface area contributed by atoms with E-state index in [1.807, 2.05) is 11.0 Å². The van der Waals surface area contributed by atoms with Crippen LogP contribution in [0.5, 0.6) is 5.75 Å². The minimum atomic E-state index is -0.863. The first-order chi connectivity index (χ1) is 8.06. The molecule has 0 aliphatic carbocycles. The Hall–Kier alpha value is -1.26. The number of phenols is 1. The third-order valence-corrected chi connectivity index (χ3v) is 3.39. The molecule has 1 aromatic carbocycles. The Morgan fingerprint density at radius 1 is 1.41 bits per heavy atom. The standard InChI is InChI=1S/C13H19NO3/c1-13(17)7-3-8-14(13)11-4-2-5-12(16)10(11)6-9-15/h2,4-5,15-17H,3,6-9H2,1H3. The molecule has 3 N–H and O–H groups in total. The van der Waals surface area contributed by atoms with E-state index in [2.05, 4.69) is 0 Å². The van der Waals surface area contributed by atoms with Gasteiger partial charge in [0.15, 0.2) is 0 Å². The highest BCUT2D eigenvalue weighted by Gasteiger charge is 2.35. The molecule has 1 aromatic rings. The number of benzene rings is 1. The molecule has 1 saturated heterocycles. The van der Waals surface area contributed by atoms with Crippen molar-refractivity contribution in [2.75, 3.05) is 18.1 Å². The normalized spacial score (nSPS) is 24.3. The Kier molecular flexibility index (Phi) is 3.26. The maximum Gasteiger partial charge on any atom is 0.135 e. The van der Waals surface area contributed by atoms with Crippen molar-refractivity contribution in [3.05, 3.63) is 23.8 Å². The van der Waals surface area contributed by atoms with E-state index in [0.29, 0.717) is 12.0 Å². The van der Waals surface area contributed by atoms with Crippen LogP contribution in [0.15, 0.2) is 18.2 Å². The second-order valence-electron chi connectivity index (χ2n) is 4.72. The smallest absolute Gasteiger partial charge is 0.135 e. The molecule has 0 spiro atoms. The Balaban J connectivity index is 2.41. The van der Waals surface area contributed by atoms with Crippen molar-refractivity contribution in [2.45, 2.75) is 31.9 Å². The quantitative estimate of drug-likeness (QED) is 0.740. The summed E-state index contributed by atoms with van der Waals surface area (Å²) in [4.78, 5) is 1.90. The summed E-state index contributed by atoms with van der Waals surface area (Å²) in [6.07, 6.45) is 2.05. The lowest BCUT2D eigenvalue weighted by atomic mass is 10.1. The van der Waals surface area contributed by atoms with Crippen molar-refractivity contribution in [3.63, 3.8) is 0 Å². The van der Waals surface area contributed by atoms with Crippen LogP contribution in [0.3, 0.4) is 0 Å². The van der Waals surface area contributed by atoms with Gasteiger partial charge in [-0.2, -0.15) is 0 Å². The van der Waals surface area contributed by atoms with E-state index in [-0.39, 0.29) is 12.4 Å². The van der Waals surface area contributed by atoms with Crippen molar-refractivity contribution in [1.29, 1.82) is 0 Å². The van der Waals surface area contributed by atoms with Gasteiger partial charge in [0.1, 0.15) is 11.5 Å². The van der Waals surface area contributed by atoms with Gasteiger partial charge in [-0.25, -0.2) is 0 Å². The van der Waals surface area contributed by atoms with E-state index in [0.717, 1.165) is 25.1 Å². The van der Waals surface area contributed by atoms with E-state index in [1.54, 1.807) is 19.1 Å². The largest absolute Gasteiger partial charge is 0.508 e. The zero-order valence-electron chi connectivity index (χ0n) is 10.1. The second kappa shape index (κ2) is 4.55. The molecule has 2 rings (SSSR count). The van der Waals surface area contributed by atoms with Crippen LogP contribution in [-0.2, 0) is 6.42 Å². The molecule has 0 radical (unpaired) electrons. The highest BCUT2D eigenvalue weighted by atomic mass is 16.3. The summed E-state index contributed by atoms with van der Waals surface area (Å²) >= 11 is 0. The maximum absolute atomic E-state index is 10.3. The number of aliphatic hydroxyl groups is 2. The summed E-state index contributed by atoms with van der Waals surface area (Å²) in [6, 6.07) is 5.25. The van der Waals surface area contributed by atoms with Crippen LogP contribution in [0, 0.1) is 0 Å². The molecule has 1 unspecified atom stereocenters. The Bertz CT molecular complexity index is 404. The van der Waals surface area contributed by atoms with Crippen molar-refractivity contribution in [3.8, 4) is 5.75 Å². The summed E-state index contributed by atoms with van der Waals surface area (Å²) < 4.78 is 0. The van der Waals surface area contributed by atoms with Crippen LogP contribution < -0.4 is 4.90 Å². The highest BCUT2D eigenvalue weighted by molar-refractivity contribution is 5.60. The van der Waals surface area contributed by atoms with Gasteiger partial charge in [0.25, 0.3) is 0 Å². The van der Waals surface area contributed by atoms with Crippen LogP contribution >= 0.6 is 0 Å². The Morgan fingerprint density at radius 2 is 2.18 bits per heavy atom. The minimum absolute atomic E-state index is 0.0133. The van der Waals surface area contributed by atoms with Gasteiger partial charge in [-0.15, -0.1) is 0 Å². The molecule has 0 aromatic heterocycles. The molecule has 0 bridgehead atoms. The molecule has 1 aliphatic rings. The van der Waals surface area contributed by atoms with Gasteiger partial charge in [-0.1, -0.05) is 6.07 Å². The third-order valence-electron chi connectivity index (χ3n) is 3.39. The minimum Gasteiger partial charge on any atom is -0.508 e. The van der Waals surface area contributed by atoms with Crippen LogP contribution in [-0.4, -0.2) is 34.2 Å². The fraction of sp³-hybridized carbons (Fsp3) is 0.538. The van der Waals surface area contributed by atoms with E-state index in [1.165, 1.54) is 0 Å². The fourth-order valence-corrected chi connectivity index (χ4v) is 2.51. The average Bonchev–Trinajstić information content (AvgIpc) is 2.61. The zero-order chi connectivity index (χ0) is 12.5. The van der Waals surface area contributed by atoms with Gasteiger partial charge in [0.2, 0.25) is 0 Å². The number of hydrogen-bond acceptors (Lipinski definition) is 4. The molecule has 4 heteroatoms. The van der Waals surface area contributed by atoms with Gasteiger partial charge in [0, 0.05) is 30.8 Å². The van der Waals surface area contributed by atoms with Crippen LogP contribution in [0.1, 0.15) is 25.3 Å². The van der Waals surface area contributed by atoms with Crippen molar-refractivity contribution >= 4 is 5.69 Å². The van der Waals surface area contributed by atoms with E-state index in [4.69, 9.17) is 5.11 Å². The van der Waals surface area contributed by atoms with Crippen molar-refractivity contribution < 1.29 is 15.3 Å². The number of phenolic OH excluding ortho intramolecular Hbond substituents is 1. The fourth-order valence-electron chi connectivity index (χ4n) is 2.51.